The Labute approximate surface area is 206 Å². The van der Waals surface area contributed by atoms with Crippen LogP contribution in [-0.4, -0.2) is 42.9 Å². The van der Waals surface area contributed by atoms with Crippen molar-refractivity contribution in [1.29, 1.82) is 0 Å². The molecule has 0 radical (unpaired) electrons. The van der Waals surface area contributed by atoms with Gasteiger partial charge in [-0.15, -0.1) is 0 Å². The average Bonchev–Trinajstić information content (AvgIpc) is 2.84. The summed E-state index contributed by atoms with van der Waals surface area (Å²) in [5.41, 5.74) is 4.25. The van der Waals surface area contributed by atoms with Gasteiger partial charge in [0.1, 0.15) is 0 Å². The van der Waals surface area contributed by atoms with E-state index < -0.39 is 0 Å². The summed E-state index contributed by atoms with van der Waals surface area (Å²) >= 11 is 6.11. The lowest BCUT2D eigenvalue weighted by Gasteiger charge is -2.36. The van der Waals surface area contributed by atoms with Gasteiger partial charge in [-0.1, -0.05) is 56.6 Å². The fourth-order valence-electron chi connectivity index (χ4n) is 4.06. The molecule has 5 nitrogen and oxygen atoms in total. The van der Waals surface area contributed by atoms with Gasteiger partial charge >= 0.3 is 0 Å². The van der Waals surface area contributed by atoms with Gasteiger partial charge < -0.3 is 15.1 Å². The summed E-state index contributed by atoms with van der Waals surface area (Å²) in [7, 11) is 0. The number of amides is 2. The second-order valence-electron chi connectivity index (χ2n) is 9.59. The van der Waals surface area contributed by atoms with Crippen LogP contribution in [0.3, 0.4) is 0 Å². The van der Waals surface area contributed by atoms with Crippen molar-refractivity contribution >= 4 is 34.8 Å². The van der Waals surface area contributed by atoms with Crippen LogP contribution in [0.5, 0.6) is 0 Å². The van der Waals surface area contributed by atoms with Gasteiger partial charge in [-0.3, -0.25) is 9.59 Å². The standard InChI is InChI=1S/C28H30ClN3O2/c1-28(2,3)21-10-8-20(9-11-21)27(34)32-18-16-31(17-19-32)23-14-12-22(13-15-23)30-26(33)24-6-4-5-7-25(24)29/h4-15H,16-19H2,1-3H3,(H,30,33). The molecule has 3 aromatic carbocycles. The van der Waals surface area contributed by atoms with Crippen molar-refractivity contribution in [2.75, 3.05) is 36.4 Å². The van der Waals surface area contributed by atoms with Gasteiger partial charge in [0.2, 0.25) is 0 Å². The number of halogens is 1. The van der Waals surface area contributed by atoms with Crippen LogP contribution in [0.2, 0.25) is 5.02 Å². The van der Waals surface area contributed by atoms with E-state index in [0.717, 1.165) is 24.3 Å². The second-order valence-corrected chi connectivity index (χ2v) is 9.99. The maximum Gasteiger partial charge on any atom is 0.257 e. The molecule has 0 atom stereocenters. The molecule has 1 aliphatic rings. The van der Waals surface area contributed by atoms with Crippen LogP contribution in [0.1, 0.15) is 47.1 Å². The third-order valence-electron chi connectivity index (χ3n) is 6.17. The van der Waals surface area contributed by atoms with Gasteiger partial charge in [0.05, 0.1) is 10.6 Å². The van der Waals surface area contributed by atoms with Gasteiger partial charge in [0.25, 0.3) is 11.8 Å². The highest BCUT2D eigenvalue weighted by Crippen LogP contribution is 2.24. The molecule has 0 aromatic heterocycles. The Balaban J connectivity index is 1.33. The molecule has 1 fully saturated rings. The normalized spacial score (nSPS) is 14.1. The Morgan fingerprint density at radius 2 is 1.44 bits per heavy atom. The third kappa shape index (κ3) is 5.42. The number of hydrogen-bond donors (Lipinski definition) is 1. The molecule has 0 bridgehead atoms. The van der Waals surface area contributed by atoms with Crippen LogP contribution in [0.15, 0.2) is 72.8 Å². The van der Waals surface area contributed by atoms with E-state index in [0.29, 0.717) is 29.4 Å². The molecule has 0 spiro atoms. The van der Waals surface area contributed by atoms with Crippen molar-refractivity contribution in [3.05, 3.63) is 94.5 Å². The van der Waals surface area contributed by atoms with E-state index in [1.165, 1.54) is 5.56 Å². The SMILES string of the molecule is CC(C)(C)c1ccc(C(=O)N2CCN(c3ccc(NC(=O)c4ccccc4Cl)cc3)CC2)cc1. The zero-order valence-corrected chi connectivity index (χ0v) is 20.6. The highest BCUT2D eigenvalue weighted by atomic mass is 35.5. The summed E-state index contributed by atoms with van der Waals surface area (Å²) in [5.74, 6) is -0.154. The van der Waals surface area contributed by atoms with E-state index in [-0.39, 0.29) is 17.2 Å². The number of hydrogen-bond acceptors (Lipinski definition) is 3. The first kappa shape index (κ1) is 23.8. The number of nitrogens with one attached hydrogen (secondary N) is 1. The average molecular weight is 476 g/mol. The Morgan fingerprint density at radius 3 is 2.03 bits per heavy atom. The summed E-state index contributed by atoms with van der Waals surface area (Å²) in [5, 5.41) is 3.31. The van der Waals surface area contributed by atoms with E-state index in [1.807, 2.05) is 41.3 Å². The van der Waals surface area contributed by atoms with Crippen LogP contribution in [0, 0.1) is 0 Å². The first-order valence-corrected chi connectivity index (χ1v) is 11.9. The second kappa shape index (κ2) is 9.90. The summed E-state index contributed by atoms with van der Waals surface area (Å²) in [6.07, 6.45) is 0. The molecule has 1 heterocycles. The van der Waals surface area contributed by atoms with Crippen molar-refractivity contribution in [2.24, 2.45) is 0 Å². The zero-order chi connectivity index (χ0) is 24.3. The number of piperazine rings is 1. The monoisotopic (exact) mass is 475 g/mol. The van der Waals surface area contributed by atoms with Crippen LogP contribution < -0.4 is 10.2 Å². The van der Waals surface area contributed by atoms with E-state index in [9.17, 15) is 9.59 Å². The minimum absolute atomic E-state index is 0.0696. The molecular formula is C28H30ClN3O2. The number of nitrogens with zero attached hydrogens (tertiary/aromatic N) is 2. The third-order valence-corrected chi connectivity index (χ3v) is 6.50. The topological polar surface area (TPSA) is 52.7 Å². The highest BCUT2D eigenvalue weighted by Gasteiger charge is 2.23. The Kier molecular flexibility index (Phi) is 6.94. The first-order valence-electron chi connectivity index (χ1n) is 11.5. The molecule has 34 heavy (non-hydrogen) atoms. The van der Waals surface area contributed by atoms with Crippen LogP contribution in [0.4, 0.5) is 11.4 Å². The van der Waals surface area contributed by atoms with E-state index in [2.05, 4.69) is 43.1 Å². The van der Waals surface area contributed by atoms with Crippen molar-refractivity contribution in [2.45, 2.75) is 26.2 Å². The van der Waals surface area contributed by atoms with Crippen molar-refractivity contribution in [3.8, 4) is 0 Å². The number of benzene rings is 3. The van der Waals surface area contributed by atoms with Crippen LogP contribution in [0.25, 0.3) is 0 Å². The van der Waals surface area contributed by atoms with Crippen molar-refractivity contribution < 1.29 is 9.59 Å². The van der Waals surface area contributed by atoms with E-state index in [1.54, 1.807) is 24.3 Å². The Morgan fingerprint density at radius 1 is 0.824 bits per heavy atom. The number of carbonyl (C=O) groups is 2. The summed E-state index contributed by atoms with van der Waals surface area (Å²) in [6.45, 7) is 9.37. The number of anilines is 2. The molecule has 176 valence electrons. The minimum atomic E-state index is -0.235. The zero-order valence-electron chi connectivity index (χ0n) is 19.8. The molecule has 4 rings (SSSR count). The van der Waals surface area contributed by atoms with Gasteiger partial charge in [0, 0.05) is 43.1 Å². The van der Waals surface area contributed by atoms with Gasteiger partial charge in [0.15, 0.2) is 0 Å². The maximum atomic E-state index is 12.9. The van der Waals surface area contributed by atoms with Crippen molar-refractivity contribution in [1.82, 2.24) is 4.90 Å². The molecule has 3 aromatic rings. The molecule has 0 aliphatic carbocycles. The minimum Gasteiger partial charge on any atom is -0.368 e. The molecule has 0 unspecified atom stereocenters. The van der Waals surface area contributed by atoms with Crippen molar-refractivity contribution in [3.63, 3.8) is 0 Å². The predicted molar refractivity (Wildman–Crippen MR) is 139 cm³/mol. The van der Waals surface area contributed by atoms with Crippen LogP contribution >= 0.6 is 11.6 Å². The molecular weight excluding hydrogens is 446 g/mol. The largest absolute Gasteiger partial charge is 0.368 e. The summed E-state index contributed by atoms with van der Waals surface area (Å²) < 4.78 is 0. The summed E-state index contributed by atoms with van der Waals surface area (Å²) in [4.78, 5) is 29.6. The number of rotatable bonds is 4. The molecule has 0 saturated carbocycles. The smallest absolute Gasteiger partial charge is 0.257 e. The van der Waals surface area contributed by atoms with Gasteiger partial charge in [-0.05, 0) is 59.5 Å². The predicted octanol–water partition coefficient (Wildman–Crippen LogP) is 5.85. The van der Waals surface area contributed by atoms with E-state index in [4.69, 9.17) is 11.6 Å². The van der Waals surface area contributed by atoms with Gasteiger partial charge in [-0.25, -0.2) is 0 Å². The Bertz CT molecular complexity index is 1160. The first-order chi connectivity index (χ1) is 16.2. The fraction of sp³-hybridized carbons (Fsp3) is 0.286. The highest BCUT2D eigenvalue weighted by molar-refractivity contribution is 6.34. The number of carbonyl (C=O) groups excluding carboxylic acids is 2. The molecule has 1 saturated heterocycles. The lowest BCUT2D eigenvalue weighted by Crippen LogP contribution is -2.48. The molecule has 2 amide bonds. The quantitative estimate of drug-likeness (QED) is 0.514. The maximum absolute atomic E-state index is 12.9. The van der Waals surface area contributed by atoms with E-state index >= 15 is 0 Å². The Hall–Kier alpha value is -3.31. The lowest BCUT2D eigenvalue weighted by atomic mass is 9.86. The fourth-order valence-corrected chi connectivity index (χ4v) is 4.28. The van der Waals surface area contributed by atoms with Crippen LogP contribution in [-0.2, 0) is 5.41 Å². The summed E-state index contributed by atoms with van der Waals surface area (Å²) in [6, 6.07) is 22.7. The lowest BCUT2D eigenvalue weighted by molar-refractivity contribution is 0.0746. The molecule has 1 N–H and O–H groups in total. The molecule has 1 aliphatic heterocycles. The molecule has 6 heteroatoms. The van der Waals surface area contributed by atoms with Gasteiger partial charge in [-0.2, -0.15) is 0 Å².